The molecule has 2 rings (SSSR count). The third kappa shape index (κ3) is 2.46. The largest absolute Gasteiger partial charge is 0.477 e. The third-order valence-corrected chi connectivity index (χ3v) is 1.95. The quantitative estimate of drug-likeness (QED) is 0.723. The van der Waals surface area contributed by atoms with Crippen LogP contribution < -0.4 is 5.32 Å². The summed E-state index contributed by atoms with van der Waals surface area (Å²) < 4.78 is 0. The van der Waals surface area contributed by atoms with Gasteiger partial charge in [-0.15, -0.1) is 0 Å². The number of pyridine rings is 1. The Morgan fingerprint density at radius 3 is 2.82 bits per heavy atom. The van der Waals surface area contributed by atoms with Crippen molar-refractivity contribution in [3.8, 4) is 0 Å². The zero-order chi connectivity index (χ0) is 12.3. The lowest BCUT2D eigenvalue weighted by atomic mass is 10.3. The van der Waals surface area contributed by atoms with Crippen LogP contribution in [0.4, 0.5) is 5.82 Å². The van der Waals surface area contributed by atoms with E-state index in [0.717, 1.165) is 0 Å². The number of H-pyrrole nitrogens is 1. The molecule has 1 amide bonds. The first-order chi connectivity index (χ1) is 8.16. The molecule has 0 bridgehead atoms. The monoisotopic (exact) mass is 232 g/mol. The maximum absolute atomic E-state index is 11.6. The molecule has 2 heterocycles. The molecule has 2 aromatic rings. The van der Waals surface area contributed by atoms with Crippen molar-refractivity contribution in [2.24, 2.45) is 0 Å². The van der Waals surface area contributed by atoms with Crippen LogP contribution in [-0.2, 0) is 0 Å². The van der Waals surface area contributed by atoms with Gasteiger partial charge in [-0.25, -0.2) is 14.8 Å². The summed E-state index contributed by atoms with van der Waals surface area (Å²) in [7, 11) is 0. The number of aromatic amines is 1. The van der Waals surface area contributed by atoms with Crippen molar-refractivity contribution in [1.82, 2.24) is 15.0 Å². The first-order valence-electron chi connectivity index (χ1n) is 4.67. The van der Waals surface area contributed by atoms with E-state index in [2.05, 4.69) is 20.3 Å². The molecular formula is C10H8N4O3. The van der Waals surface area contributed by atoms with Gasteiger partial charge in [0.05, 0.1) is 12.5 Å². The van der Waals surface area contributed by atoms with E-state index < -0.39 is 11.9 Å². The van der Waals surface area contributed by atoms with E-state index in [1.807, 2.05) is 0 Å². The molecule has 7 nitrogen and oxygen atoms in total. The second-order valence-corrected chi connectivity index (χ2v) is 3.13. The van der Waals surface area contributed by atoms with Gasteiger partial charge in [-0.05, 0) is 12.1 Å². The van der Waals surface area contributed by atoms with Crippen LogP contribution in [0.5, 0.6) is 0 Å². The van der Waals surface area contributed by atoms with E-state index in [4.69, 9.17) is 5.11 Å². The van der Waals surface area contributed by atoms with Gasteiger partial charge in [0.15, 0.2) is 5.69 Å². The zero-order valence-corrected chi connectivity index (χ0v) is 8.54. The molecule has 0 aliphatic carbocycles. The van der Waals surface area contributed by atoms with Gasteiger partial charge in [0, 0.05) is 0 Å². The number of nitrogens with zero attached hydrogens (tertiary/aromatic N) is 2. The number of nitrogens with one attached hydrogen (secondary N) is 2. The molecule has 0 spiro atoms. The number of carbonyl (C=O) groups is 2. The summed E-state index contributed by atoms with van der Waals surface area (Å²) in [6, 6.07) is 4.34. The van der Waals surface area contributed by atoms with Gasteiger partial charge in [-0.1, -0.05) is 6.07 Å². The molecule has 0 radical (unpaired) electrons. The Morgan fingerprint density at radius 1 is 1.35 bits per heavy atom. The summed E-state index contributed by atoms with van der Waals surface area (Å²) in [4.78, 5) is 32.3. The lowest BCUT2D eigenvalue weighted by Crippen LogP contribution is -2.14. The van der Waals surface area contributed by atoms with Crippen molar-refractivity contribution in [2.75, 3.05) is 5.32 Å². The summed E-state index contributed by atoms with van der Waals surface area (Å²) in [6.07, 6.45) is 2.73. The molecule has 3 N–H and O–H groups in total. The SMILES string of the molecule is O=C(O)c1cccc(NC(=O)c2cnc[nH]2)n1. The molecule has 0 fully saturated rings. The molecule has 2 aromatic heterocycles. The molecule has 0 saturated heterocycles. The number of aromatic carboxylic acids is 1. The van der Waals surface area contributed by atoms with Gasteiger partial charge >= 0.3 is 5.97 Å². The Hall–Kier alpha value is -2.70. The van der Waals surface area contributed by atoms with Crippen molar-refractivity contribution in [1.29, 1.82) is 0 Å². The van der Waals surface area contributed by atoms with Crippen molar-refractivity contribution in [3.63, 3.8) is 0 Å². The molecule has 17 heavy (non-hydrogen) atoms. The molecule has 0 saturated carbocycles. The minimum atomic E-state index is -1.15. The Bertz CT molecular complexity index is 550. The normalized spacial score (nSPS) is 9.88. The summed E-state index contributed by atoms with van der Waals surface area (Å²) in [6.45, 7) is 0. The Kier molecular flexibility index (Phi) is 2.82. The van der Waals surface area contributed by atoms with Crippen LogP contribution in [0.2, 0.25) is 0 Å². The van der Waals surface area contributed by atoms with E-state index in [1.54, 1.807) is 0 Å². The first-order valence-corrected chi connectivity index (χ1v) is 4.67. The van der Waals surface area contributed by atoms with E-state index >= 15 is 0 Å². The Morgan fingerprint density at radius 2 is 2.18 bits per heavy atom. The summed E-state index contributed by atoms with van der Waals surface area (Å²) in [5.41, 5.74) is 0.139. The van der Waals surface area contributed by atoms with Crippen molar-refractivity contribution in [3.05, 3.63) is 42.1 Å². The number of aromatic nitrogens is 3. The minimum absolute atomic E-state index is 0.132. The Labute approximate surface area is 95.5 Å². The number of imidazole rings is 1. The maximum Gasteiger partial charge on any atom is 0.354 e. The van der Waals surface area contributed by atoms with Gasteiger partial charge in [-0.2, -0.15) is 0 Å². The van der Waals surface area contributed by atoms with Crippen molar-refractivity contribution in [2.45, 2.75) is 0 Å². The standard InChI is InChI=1S/C10H8N4O3/c15-9(7-4-11-5-12-7)14-8-3-1-2-6(13-8)10(16)17/h1-5H,(H,11,12)(H,16,17)(H,13,14,15). The molecule has 0 aliphatic heterocycles. The zero-order valence-electron chi connectivity index (χ0n) is 8.54. The lowest BCUT2D eigenvalue weighted by molar-refractivity contribution is 0.0690. The predicted molar refractivity (Wildman–Crippen MR) is 57.7 cm³/mol. The molecular weight excluding hydrogens is 224 g/mol. The Balaban J connectivity index is 2.16. The van der Waals surface area contributed by atoms with E-state index in [-0.39, 0.29) is 17.2 Å². The summed E-state index contributed by atoms with van der Waals surface area (Å²) in [5, 5.41) is 11.2. The summed E-state index contributed by atoms with van der Waals surface area (Å²) in [5.74, 6) is -1.41. The fraction of sp³-hybridized carbons (Fsp3) is 0. The second kappa shape index (κ2) is 4.44. The number of carboxylic acid groups (broad SMARTS) is 1. The first kappa shape index (κ1) is 10.8. The molecule has 7 heteroatoms. The van der Waals surface area contributed by atoms with E-state index in [0.29, 0.717) is 0 Å². The van der Waals surface area contributed by atoms with Gasteiger partial charge < -0.3 is 15.4 Å². The van der Waals surface area contributed by atoms with Crippen LogP contribution in [-0.4, -0.2) is 31.9 Å². The average Bonchev–Trinajstić information content (AvgIpc) is 2.82. The van der Waals surface area contributed by atoms with E-state index in [9.17, 15) is 9.59 Å². The molecule has 0 aromatic carbocycles. The predicted octanol–water partition coefficient (Wildman–Crippen LogP) is 0.755. The number of hydrogen-bond donors (Lipinski definition) is 3. The number of hydrogen-bond acceptors (Lipinski definition) is 4. The molecule has 86 valence electrons. The highest BCUT2D eigenvalue weighted by Crippen LogP contribution is 2.06. The number of amides is 1. The molecule has 0 unspecified atom stereocenters. The fourth-order valence-electron chi connectivity index (χ4n) is 1.19. The van der Waals surface area contributed by atoms with Gasteiger partial charge in [-0.3, -0.25) is 4.79 Å². The number of anilines is 1. The van der Waals surface area contributed by atoms with Crippen LogP contribution >= 0.6 is 0 Å². The van der Waals surface area contributed by atoms with Crippen LogP contribution in [0.3, 0.4) is 0 Å². The van der Waals surface area contributed by atoms with Crippen LogP contribution in [0.1, 0.15) is 21.0 Å². The lowest BCUT2D eigenvalue weighted by Gasteiger charge is -2.02. The molecule has 0 aliphatic rings. The van der Waals surface area contributed by atoms with Crippen molar-refractivity contribution >= 4 is 17.7 Å². The highest BCUT2D eigenvalue weighted by molar-refractivity contribution is 6.02. The van der Waals surface area contributed by atoms with Crippen LogP contribution in [0, 0.1) is 0 Å². The minimum Gasteiger partial charge on any atom is -0.477 e. The highest BCUT2D eigenvalue weighted by atomic mass is 16.4. The van der Waals surface area contributed by atoms with Crippen molar-refractivity contribution < 1.29 is 14.7 Å². The smallest absolute Gasteiger partial charge is 0.354 e. The number of carboxylic acids is 1. The third-order valence-electron chi connectivity index (χ3n) is 1.95. The second-order valence-electron chi connectivity index (χ2n) is 3.13. The highest BCUT2D eigenvalue weighted by Gasteiger charge is 2.10. The fourth-order valence-corrected chi connectivity index (χ4v) is 1.19. The van der Waals surface area contributed by atoms with E-state index in [1.165, 1.54) is 30.7 Å². The summed E-state index contributed by atoms with van der Waals surface area (Å²) >= 11 is 0. The molecule has 0 atom stereocenters. The van der Waals surface area contributed by atoms with Crippen LogP contribution in [0.15, 0.2) is 30.7 Å². The van der Waals surface area contributed by atoms with Gasteiger partial charge in [0.2, 0.25) is 0 Å². The average molecular weight is 232 g/mol. The van der Waals surface area contributed by atoms with Crippen LogP contribution in [0.25, 0.3) is 0 Å². The number of carbonyl (C=O) groups excluding carboxylic acids is 1. The number of rotatable bonds is 3. The topological polar surface area (TPSA) is 108 Å². The van der Waals surface area contributed by atoms with Gasteiger partial charge in [0.1, 0.15) is 11.5 Å². The van der Waals surface area contributed by atoms with Gasteiger partial charge in [0.25, 0.3) is 5.91 Å². The maximum atomic E-state index is 11.6.